The first-order valence-electron chi connectivity index (χ1n) is 8.24. The van der Waals surface area contributed by atoms with E-state index in [0.717, 1.165) is 24.3 Å². The standard InChI is InChI=1S/C9H7ClFNO3S.C9H8FNO3S.Na/c10-15-16(13,14)4-3-7-1-2-9(11)5-8(7)6-12;10-9-2-1-7(8(5-9)6-11)3-4-15(12,13)14;/h1-2,5H,3-4H2;1-2,5H,3-4H2,(H,12,13,14);/q;;+1/p-1. The van der Waals surface area contributed by atoms with Crippen LogP contribution in [0.1, 0.15) is 22.3 Å². The molecule has 0 saturated carbocycles. The summed E-state index contributed by atoms with van der Waals surface area (Å²) in [6.45, 7) is 0. The summed E-state index contributed by atoms with van der Waals surface area (Å²) in [5.74, 6) is -2.07. The normalized spacial score (nSPS) is 10.7. The van der Waals surface area contributed by atoms with Gasteiger partial charge in [-0.25, -0.2) is 17.2 Å². The van der Waals surface area contributed by atoms with Crippen LogP contribution in [-0.4, -0.2) is 32.9 Å². The van der Waals surface area contributed by atoms with Gasteiger partial charge in [-0.2, -0.15) is 22.7 Å². The Balaban J connectivity index is 0.000000584. The molecule has 0 spiro atoms. The summed E-state index contributed by atoms with van der Waals surface area (Å²) in [5.41, 5.74) is 0.947. The summed E-state index contributed by atoms with van der Waals surface area (Å²) in [7, 11) is -8.10. The third-order valence-corrected chi connectivity index (χ3v) is 5.90. The van der Waals surface area contributed by atoms with E-state index < -0.39 is 37.6 Å². The molecular weight excluding hydrogens is 501 g/mol. The van der Waals surface area contributed by atoms with E-state index in [-0.39, 0.29) is 59.3 Å². The molecule has 8 nitrogen and oxygen atoms in total. The molecule has 0 atom stereocenters. The Morgan fingerprint density at radius 1 is 0.875 bits per heavy atom. The summed E-state index contributed by atoms with van der Waals surface area (Å²) >= 11 is 4.75. The second-order valence-electron chi connectivity index (χ2n) is 5.91. The summed E-state index contributed by atoms with van der Waals surface area (Å²) < 4.78 is 82.1. The predicted octanol–water partition coefficient (Wildman–Crippen LogP) is -0.471. The van der Waals surface area contributed by atoms with Crippen LogP contribution < -0.4 is 29.6 Å². The van der Waals surface area contributed by atoms with E-state index >= 15 is 0 Å². The molecular formula is C18H14ClF2N2NaO6S2. The average Bonchev–Trinajstić information content (AvgIpc) is 2.71. The molecule has 0 aliphatic rings. The van der Waals surface area contributed by atoms with Gasteiger partial charge in [-0.15, -0.1) is 0 Å². The number of benzene rings is 2. The summed E-state index contributed by atoms with van der Waals surface area (Å²) in [6, 6.07) is 10.5. The third-order valence-electron chi connectivity index (χ3n) is 3.72. The third kappa shape index (κ3) is 11.3. The van der Waals surface area contributed by atoms with Gasteiger partial charge in [0.2, 0.25) is 0 Å². The Morgan fingerprint density at radius 2 is 1.28 bits per heavy atom. The van der Waals surface area contributed by atoms with Crippen molar-refractivity contribution in [2.75, 3.05) is 11.5 Å². The van der Waals surface area contributed by atoms with Crippen LogP contribution in [0.3, 0.4) is 0 Å². The molecule has 0 saturated heterocycles. The Kier molecular flexibility index (Phi) is 13.1. The zero-order chi connectivity index (χ0) is 23.7. The van der Waals surface area contributed by atoms with Gasteiger partial charge in [-0.1, -0.05) is 12.1 Å². The second-order valence-corrected chi connectivity index (χ2v) is 9.46. The van der Waals surface area contributed by atoms with Gasteiger partial charge in [-0.05, 0) is 48.2 Å². The van der Waals surface area contributed by atoms with Gasteiger partial charge in [-0.3, -0.25) is 0 Å². The quantitative estimate of drug-likeness (QED) is 0.355. The van der Waals surface area contributed by atoms with Crippen LogP contribution in [0.25, 0.3) is 0 Å². The Morgan fingerprint density at radius 3 is 1.62 bits per heavy atom. The molecule has 2 aromatic carbocycles. The smallest absolute Gasteiger partial charge is 0.748 e. The largest absolute Gasteiger partial charge is 1.00 e. The maximum absolute atomic E-state index is 12.8. The molecule has 0 radical (unpaired) electrons. The van der Waals surface area contributed by atoms with Gasteiger partial charge in [0.15, 0.2) is 0 Å². The van der Waals surface area contributed by atoms with Gasteiger partial charge in [0.05, 0.1) is 51.0 Å². The minimum atomic E-state index is -4.31. The molecule has 0 heterocycles. The first-order valence-corrected chi connectivity index (χ1v) is 11.7. The summed E-state index contributed by atoms with van der Waals surface area (Å²) in [5, 5.41) is 17.3. The monoisotopic (exact) mass is 514 g/mol. The Labute approximate surface area is 211 Å². The van der Waals surface area contributed by atoms with Crippen molar-refractivity contribution in [3.8, 4) is 12.1 Å². The molecule has 0 bridgehead atoms. The molecule has 2 rings (SSSR count). The first kappa shape index (κ1) is 30.4. The van der Waals surface area contributed by atoms with E-state index in [4.69, 9.17) is 22.4 Å². The van der Waals surface area contributed by atoms with E-state index in [0.29, 0.717) is 11.1 Å². The number of halogens is 3. The molecule has 0 aliphatic carbocycles. The van der Waals surface area contributed by atoms with E-state index in [2.05, 4.69) is 3.74 Å². The topological polar surface area (TPSA) is 148 Å². The van der Waals surface area contributed by atoms with Crippen molar-refractivity contribution in [3.63, 3.8) is 0 Å². The first-order chi connectivity index (χ1) is 14.4. The van der Waals surface area contributed by atoms with Crippen LogP contribution in [0.2, 0.25) is 0 Å². The van der Waals surface area contributed by atoms with Gasteiger partial charge in [0.1, 0.15) is 11.6 Å². The van der Waals surface area contributed by atoms with Crippen LogP contribution >= 0.6 is 11.9 Å². The number of rotatable bonds is 7. The fourth-order valence-corrected chi connectivity index (χ4v) is 3.43. The molecule has 14 heteroatoms. The van der Waals surface area contributed by atoms with Crippen molar-refractivity contribution in [1.29, 1.82) is 10.5 Å². The van der Waals surface area contributed by atoms with Crippen LogP contribution in [0.5, 0.6) is 0 Å². The van der Waals surface area contributed by atoms with Crippen molar-refractivity contribution in [3.05, 3.63) is 70.3 Å². The van der Waals surface area contributed by atoms with Crippen molar-refractivity contribution in [2.45, 2.75) is 12.8 Å². The van der Waals surface area contributed by atoms with E-state index in [1.54, 1.807) is 12.1 Å². The molecule has 32 heavy (non-hydrogen) atoms. The Hall–Kier alpha value is -1.61. The van der Waals surface area contributed by atoms with Gasteiger partial charge < -0.3 is 4.55 Å². The molecule has 0 fully saturated rings. The number of aryl methyl sites for hydroxylation is 2. The van der Waals surface area contributed by atoms with Crippen LogP contribution in [0.4, 0.5) is 8.78 Å². The van der Waals surface area contributed by atoms with Gasteiger partial charge in [0, 0.05) is 5.75 Å². The fourth-order valence-electron chi connectivity index (χ4n) is 2.24. The van der Waals surface area contributed by atoms with E-state index in [9.17, 15) is 30.2 Å². The molecule has 166 valence electrons. The Bertz CT molecular complexity index is 1230. The second kappa shape index (κ2) is 13.8. The van der Waals surface area contributed by atoms with Crippen molar-refractivity contribution in [2.24, 2.45) is 0 Å². The number of hydrogen-bond donors (Lipinski definition) is 0. The minimum absolute atomic E-state index is 0. The maximum Gasteiger partial charge on any atom is 1.00 e. The van der Waals surface area contributed by atoms with Crippen molar-refractivity contribution >= 4 is 32.1 Å². The van der Waals surface area contributed by atoms with Crippen LogP contribution in [-0.2, 0) is 36.8 Å². The van der Waals surface area contributed by atoms with E-state index in [1.165, 1.54) is 12.1 Å². The van der Waals surface area contributed by atoms with E-state index in [1.807, 2.05) is 0 Å². The number of nitrogens with zero attached hydrogens (tertiary/aromatic N) is 2. The zero-order valence-corrected chi connectivity index (χ0v) is 21.0. The zero-order valence-electron chi connectivity index (χ0n) is 16.6. The molecule has 0 amide bonds. The minimum Gasteiger partial charge on any atom is -0.748 e. The number of hydrogen-bond acceptors (Lipinski definition) is 8. The summed E-state index contributed by atoms with van der Waals surface area (Å²) in [4.78, 5) is 0. The van der Waals surface area contributed by atoms with Gasteiger partial charge in [0.25, 0.3) is 10.1 Å². The molecule has 0 aliphatic heterocycles. The van der Waals surface area contributed by atoms with Crippen molar-refractivity contribution in [1.82, 2.24) is 0 Å². The van der Waals surface area contributed by atoms with Crippen LogP contribution in [0, 0.1) is 34.3 Å². The average molecular weight is 515 g/mol. The molecule has 0 unspecified atom stereocenters. The maximum atomic E-state index is 12.8. The van der Waals surface area contributed by atoms with Gasteiger partial charge >= 0.3 is 29.6 Å². The molecule has 0 N–H and O–H groups in total. The molecule has 0 aromatic heterocycles. The summed E-state index contributed by atoms with van der Waals surface area (Å²) in [6.07, 6.45) is -0.0345. The van der Waals surface area contributed by atoms with Crippen LogP contribution in [0.15, 0.2) is 36.4 Å². The molecule has 2 aromatic rings. The van der Waals surface area contributed by atoms with Crippen molar-refractivity contribution < 1.29 is 63.5 Å². The fraction of sp³-hybridized carbons (Fsp3) is 0.222. The number of nitriles is 2. The SMILES string of the molecule is N#Cc1cc(F)ccc1CCS(=O)(=O)OCl.N#Cc1cc(F)ccc1CCS(=O)(=O)[O-].[Na+]. The predicted molar refractivity (Wildman–Crippen MR) is 105 cm³/mol.